The molecule has 3 unspecified atom stereocenters. The third-order valence-corrected chi connectivity index (χ3v) is 3.75. The van der Waals surface area contributed by atoms with E-state index in [0.717, 1.165) is 23.3 Å². The third-order valence-electron chi connectivity index (χ3n) is 2.63. The van der Waals surface area contributed by atoms with Gasteiger partial charge < -0.3 is 4.74 Å². The molecule has 0 heterocycles. The number of hydrogen-bond donors (Lipinski definition) is 0. The summed E-state index contributed by atoms with van der Waals surface area (Å²) in [5, 5.41) is 0. The van der Waals surface area contributed by atoms with Gasteiger partial charge in [-0.25, -0.2) is 0 Å². The van der Waals surface area contributed by atoms with Crippen LogP contribution in [0.25, 0.3) is 0 Å². The molecule has 0 aromatic rings. The Hall–Kier alpha value is 0.440. The van der Waals surface area contributed by atoms with Crippen LogP contribution in [0.15, 0.2) is 0 Å². The largest absolute Gasteiger partial charge is 0.384 e. The van der Waals surface area contributed by atoms with Crippen molar-refractivity contribution in [3.05, 3.63) is 0 Å². The monoisotopic (exact) mass is 220 g/mol. The zero-order valence-corrected chi connectivity index (χ0v) is 8.93. The van der Waals surface area contributed by atoms with Gasteiger partial charge in [-0.1, -0.05) is 29.3 Å². The van der Waals surface area contributed by atoms with Crippen LogP contribution in [0.2, 0.25) is 0 Å². The van der Waals surface area contributed by atoms with Crippen LogP contribution in [0.5, 0.6) is 0 Å². The molecule has 0 radical (unpaired) electrons. The van der Waals surface area contributed by atoms with E-state index in [0.29, 0.717) is 0 Å². The summed E-state index contributed by atoms with van der Waals surface area (Å²) in [5.41, 5.74) is 0. The van der Waals surface area contributed by atoms with Crippen LogP contribution in [-0.4, -0.2) is 18.5 Å². The van der Waals surface area contributed by atoms with E-state index in [2.05, 4.69) is 22.9 Å². The first-order valence-corrected chi connectivity index (χ1v) is 5.32. The van der Waals surface area contributed by atoms with Crippen molar-refractivity contribution in [3.8, 4) is 0 Å². The molecule has 1 aliphatic rings. The molecular weight excluding hydrogens is 204 g/mol. The number of hydrogen-bond acceptors (Lipinski definition) is 1. The molecule has 0 amide bonds. The van der Waals surface area contributed by atoms with Crippen molar-refractivity contribution >= 4 is 15.9 Å². The fraction of sp³-hybridized carbons (Fsp3) is 1.00. The highest BCUT2D eigenvalue weighted by Gasteiger charge is 2.30. The zero-order valence-electron chi connectivity index (χ0n) is 7.35. The third kappa shape index (κ3) is 2.45. The quantitative estimate of drug-likeness (QED) is 0.666. The molecular formula is C9H17BrO. The maximum atomic E-state index is 5.15. The van der Waals surface area contributed by atoms with E-state index in [1.165, 1.54) is 19.3 Å². The van der Waals surface area contributed by atoms with Crippen molar-refractivity contribution in [2.75, 3.05) is 13.7 Å². The Bertz CT molecular complexity index is 116. The number of halogens is 1. The molecule has 1 saturated carbocycles. The van der Waals surface area contributed by atoms with Gasteiger partial charge in [0.1, 0.15) is 0 Å². The Labute approximate surface area is 77.6 Å². The van der Waals surface area contributed by atoms with Gasteiger partial charge in [0.05, 0.1) is 0 Å². The minimum Gasteiger partial charge on any atom is -0.384 e. The summed E-state index contributed by atoms with van der Waals surface area (Å²) in [6.07, 6.45) is 3.95. The fourth-order valence-electron chi connectivity index (χ4n) is 1.98. The number of ether oxygens (including phenoxy) is 1. The molecule has 11 heavy (non-hydrogen) atoms. The van der Waals surface area contributed by atoms with E-state index in [1.807, 2.05) is 0 Å². The average Bonchev–Trinajstić information content (AvgIpc) is 2.32. The second kappa shape index (κ2) is 4.46. The lowest BCUT2D eigenvalue weighted by molar-refractivity contribution is 0.153. The van der Waals surface area contributed by atoms with E-state index in [-0.39, 0.29) is 0 Å². The molecule has 66 valence electrons. The van der Waals surface area contributed by atoms with Crippen molar-refractivity contribution < 1.29 is 4.74 Å². The molecule has 2 heteroatoms. The van der Waals surface area contributed by atoms with Gasteiger partial charge in [-0.3, -0.25) is 0 Å². The van der Waals surface area contributed by atoms with Crippen molar-refractivity contribution in [2.24, 2.45) is 11.8 Å². The van der Waals surface area contributed by atoms with Gasteiger partial charge in [0, 0.05) is 18.5 Å². The molecule has 0 aromatic heterocycles. The van der Waals surface area contributed by atoms with E-state index in [1.54, 1.807) is 7.11 Å². The van der Waals surface area contributed by atoms with Crippen molar-refractivity contribution in [3.63, 3.8) is 0 Å². The molecule has 0 saturated heterocycles. The number of methoxy groups -OCH3 is 1. The topological polar surface area (TPSA) is 9.23 Å². The van der Waals surface area contributed by atoms with Gasteiger partial charge in [0.25, 0.3) is 0 Å². The molecule has 1 aliphatic carbocycles. The highest BCUT2D eigenvalue weighted by atomic mass is 79.9. The number of rotatable bonds is 3. The summed E-state index contributed by atoms with van der Waals surface area (Å²) in [6, 6.07) is 0. The second-order valence-corrected chi connectivity index (χ2v) is 4.65. The molecule has 0 aliphatic heterocycles. The molecule has 0 bridgehead atoms. The Balaban J connectivity index is 2.30. The Kier molecular flexibility index (Phi) is 3.86. The SMILES string of the molecule is CCC1CC(COC)CC1Br. The van der Waals surface area contributed by atoms with E-state index in [9.17, 15) is 0 Å². The molecule has 1 nitrogen and oxygen atoms in total. The zero-order chi connectivity index (χ0) is 8.27. The van der Waals surface area contributed by atoms with Crippen molar-refractivity contribution in [1.29, 1.82) is 0 Å². The lowest BCUT2D eigenvalue weighted by atomic mass is 10.0. The first-order valence-electron chi connectivity index (χ1n) is 4.41. The molecule has 3 atom stereocenters. The van der Waals surface area contributed by atoms with Gasteiger partial charge in [0.15, 0.2) is 0 Å². The van der Waals surface area contributed by atoms with Gasteiger partial charge in [0.2, 0.25) is 0 Å². The van der Waals surface area contributed by atoms with Gasteiger partial charge in [-0.05, 0) is 24.7 Å². The summed E-state index contributed by atoms with van der Waals surface area (Å²) < 4.78 is 5.15. The predicted octanol–water partition coefficient (Wildman–Crippen LogP) is 2.83. The minimum atomic E-state index is 0.743. The average molecular weight is 221 g/mol. The van der Waals surface area contributed by atoms with Crippen LogP contribution >= 0.6 is 15.9 Å². The maximum Gasteiger partial charge on any atom is 0.0491 e. The lowest BCUT2D eigenvalue weighted by Gasteiger charge is -2.09. The van der Waals surface area contributed by atoms with Crippen molar-refractivity contribution in [1.82, 2.24) is 0 Å². The molecule has 0 aromatic carbocycles. The van der Waals surface area contributed by atoms with Crippen LogP contribution in [0, 0.1) is 11.8 Å². The Morgan fingerprint density at radius 3 is 2.64 bits per heavy atom. The standard InChI is InChI=1S/C9H17BrO/c1-3-8-4-7(6-11-2)5-9(8)10/h7-9H,3-6H2,1-2H3. The van der Waals surface area contributed by atoms with Crippen LogP contribution in [0.4, 0.5) is 0 Å². The second-order valence-electron chi connectivity index (χ2n) is 3.48. The maximum absolute atomic E-state index is 5.15. The first-order chi connectivity index (χ1) is 5.27. The fourth-order valence-corrected chi connectivity index (χ4v) is 3.10. The van der Waals surface area contributed by atoms with Crippen LogP contribution in [0.1, 0.15) is 26.2 Å². The summed E-state index contributed by atoms with van der Waals surface area (Å²) in [7, 11) is 1.79. The number of alkyl halides is 1. The van der Waals surface area contributed by atoms with E-state index >= 15 is 0 Å². The van der Waals surface area contributed by atoms with Crippen LogP contribution in [0.3, 0.4) is 0 Å². The summed E-state index contributed by atoms with van der Waals surface area (Å²) in [5.74, 6) is 1.68. The van der Waals surface area contributed by atoms with Crippen LogP contribution in [-0.2, 0) is 4.74 Å². The molecule has 0 spiro atoms. The van der Waals surface area contributed by atoms with Crippen LogP contribution < -0.4 is 0 Å². The normalized spacial score (nSPS) is 37.9. The van der Waals surface area contributed by atoms with E-state index in [4.69, 9.17) is 4.74 Å². The lowest BCUT2D eigenvalue weighted by Crippen LogP contribution is -2.03. The highest BCUT2D eigenvalue weighted by Crippen LogP contribution is 2.37. The smallest absolute Gasteiger partial charge is 0.0491 e. The minimum absolute atomic E-state index is 0.743. The highest BCUT2D eigenvalue weighted by molar-refractivity contribution is 9.09. The Morgan fingerprint density at radius 1 is 1.45 bits per heavy atom. The van der Waals surface area contributed by atoms with Gasteiger partial charge >= 0.3 is 0 Å². The molecule has 1 rings (SSSR count). The summed E-state index contributed by atoms with van der Waals surface area (Å²) >= 11 is 3.72. The van der Waals surface area contributed by atoms with E-state index < -0.39 is 0 Å². The summed E-state index contributed by atoms with van der Waals surface area (Å²) in [6.45, 7) is 3.21. The molecule has 1 fully saturated rings. The predicted molar refractivity (Wildman–Crippen MR) is 51.1 cm³/mol. The van der Waals surface area contributed by atoms with Gasteiger partial charge in [-0.15, -0.1) is 0 Å². The first kappa shape index (κ1) is 9.53. The van der Waals surface area contributed by atoms with Crippen molar-refractivity contribution in [2.45, 2.75) is 31.0 Å². The van der Waals surface area contributed by atoms with Gasteiger partial charge in [-0.2, -0.15) is 0 Å². The summed E-state index contributed by atoms with van der Waals surface area (Å²) in [4.78, 5) is 0.743. The molecule has 0 N–H and O–H groups in total. The Morgan fingerprint density at radius 2 is 2.18 bits per heavy atom.